The lowest BCUT2D eigenvalue weighted by molar-refractivity contribution is 0.313. The Morgan fingerprint density at radius 1 is 1.09 bits per heavy atom. The third kappa shape index (κ3) is 4.54. The van der Waals surface area contributed by atoms with Crippen molar-refractivity contribution in [3.05, 3.63) is 65.8 Å². The van der Waals surface area contributed by atoms with E-state index in [1.807, 2.05) is 24.3 Å². The molecule has 2 aromatic carbocycles. The number of likely N-dealkylation sites (N-methyl/N-ethyl adjacent to an activating group) is 1. The average molecular weight is 453 g/mol. The van der Waals surface area contributed by atoms with Crippen LogP contribution < -0.4 is 15.5 Å². The van der Waals surface area contributed by atoms with E-state index in [9.17, 15) is 4.39 Å². The van der Waals surface area contributed by atoms with Gasteiger partial charge in [0.05, 0.1) is 11.4 Å². The van der Waals surface area contributed by atoms with Crippen LogP contribution in [0.5, 0.6) is 0 Å². The fourth-order valence-electron chi connectivity index (χ4n) is 3.83. The van der Waals surface area contributed by atoms with E-state index in [0.717, 1.165) is 48.7 Å². The monoisotopic (exact) mass is 452 g/mol. The highest BCUT2D eigenvalue weighted by Crippen LogP contribution is 2.37. The standard InChI is InChI=1S/C24H26ClFN6/c1-4-16-5-7-18(19(26)13-16)17-6-8-21(32-11-9-31(3)10-12-32)20(14-17)30-24-22(27-2)23(25)28-15-29-24/h4-8,13-15,27H,1,9-12H2,2-3H3,(H,28,29,30). The summed E-state index contributed by atoms with van der Waals surface area (Å²) in [5, 5.41) is 6.78. The quantitative estimate of drug-likeness (QED) is 0.506. The number of piperazine rings is 1. The van der Waals surface area contributed by atoms with Crippen molar-refractivity contribution in [3.63, 3.8) is 0 Å². The van der Waals surface area contributed by atoms with Gasteiger partial charge in [0.25, 0.3) is 0 Å². The van der Waals surface area contributed by atoms with Crippen LogP contribution in [0.3, 0.4) is 0 Å². The van der Waals surface area contributed by atoms with Crippen LogP contribution in [0.1, 0.15) is 5.56 Å². The largest absolute Gasteiger partial charge is 0.383 e. The van der Waals surface area contributed by atoms with Gasteiger partial charge in [0, 0.05) is 38.8 Å². The first-order chi connectivity index (χ1) is 15.5. The first-order valence-corrected chi connectivity index (χ1v) is 10.8. The Morgan fingerprint density at radius 3 is 2.56 bits per heavy atom. The molecule has 1 fully saturated rings. The van der Waals surface area contributed by atoms with Gasteiger partial charge in [0.15, 0.2) is 11.0 Å². The van der Waals surface area contributed by atoms with Crippen LogP contribution >= 0.6 is 11.6 Å². The Morgan fingerprint density at radius 2 is 1.88 bits per heavy atom. The molecular formula is C24H26ClFN6. The Bertz CT molecular complexity index is 1130. The molecule has 0 aliphatic carbocycles. The Kier molecular flexibility index (Phi) is 6.58. The highest BCUT2D eigenvalue weighted by Gasteiger charge is 2.20. The summed E-state index contributed by atoms with van der Waals surface area (Å²) < 4.78 is 14.8. The van der Waals surface area contributed by atoms with Crippen LogP contribution in [0.4, 0.5) is 27.3 Å². The minimum Gasteiger partial charge on any atom is -0.383 e. The summed E-state index contributed by atoms with van der Waals surface area (Å²) in [7, 11) is 3.89. The summed E-state index contributed by atoms with van der Waals surface area (Å²) in [5.41, 5.74) is 4.49. The van der Waals surface area contributed by atoms with Crippen LogP contribution in [0.2, 0.25) is 5.15 Å². The van der Waals surface area contributed by atoms with Gasteiger partial charge in [0.2, 0.25) is 0 Å². The van der Waals surface area contributed by atoms with Crippen molar-refractivity contribution in [1.82, 2.24) is 14.9 Å². The molecule has 8 heteroatoms. The molecule has 1 aliphatic heterocycles. The van der Waals surface area contributed by atoms with Crippen LogP contribution in [-0.4, -0.2) is 55.1 Å². The van der Waals surface area contributed by atoms with Gasteiger partial charge >= 0.3 is 0 Å². The van der Waals surface area contributed by atoms with Gasteiger partial charge in [0.1, 0.15) is 17.8 Å². The summed E-state index contributed by atoms with van der Waals surface area (Å²) in [5.74, 6) is 0.268. The van der Waals surface area contributed by atoms with Gasteiger partial charge in [-0.3, -0.25) is 0 Å². The van der Waals surface area contributed by atoms with Crippen LogP contribution in [-0.2, 0) is 0 Å². The predicted octanol–water partition coefficient (Wildman–Crippen LogP) is 5.12. The molecule has 0 amide bonds. The maximum Gasteiger partial charge on any atom is 0.158 e. The van der Waals surface area contributed by atoms with E-state index < -0.39 is 0 Å². The summed E-state index contributed by atoms with van der Waals surface area (Å²) in [6, 6.07) is 11.1. The Labute approximate surface area is 192 Å². The zero-order valence-electron chi connectivity index (χ0n) is 18.2. The molecule has 3 aromatic rings. The van der Waals surface area contributed by atoms with E-state index in [1.165, 1.54) is 12.4 Å². The number of hydrogen-bond donors (Lipinski definition) is 2. The van der Waals surface area contributed by atoms with Gasteiger partial charge in [-0.25, -0.2) is 14.4 Å². The lowest BCUT2D eigenvalue weighted by Gasteiger charge is -2.35. The van der Waals surface area contributed by atoms with Crippen molar-refractivity contribution in [1.29, 1.82) is 0 Å². The van der Waals surface area contributed by atoms with E-state index in [-0.39, 0.29) is 5.82 Å². The maximum atomic E-state index is 14.8. The number of benzene rings is 2. The molecule has 2 heterocycles. The summed E-state index contributed by atoms with van der Waals surface area (Å²) in [6.45, 7) is 7.46. The van der Waals surface area contributed by atoms with E-state index in [2.05, 4.69) is 44.0 Å². The normalized spacial score (nSPS) is 14.3. The Balaban J connectivity index is 1.78. The minimum atomic E-state index is -0.290. The van der Waals surface area contributed by atoms with Gasteiger partial charge in [-0.15, -0.1) is 0 Å². The molecule has 0 saturated carbocycles. The lowest BCUT2D eigenvalue weighted by atomic mass is 10.0. The fraction of sp³-hybridized carbons (Fsp3) is 0.250. The Hall–Kier alpha value is -3.16. The second-order valence-corrected chi connectivity index (χ2v) is 8.09. The van der Waals surface area contributed by atoms with Crippen LogP contribution in [0.25, 0.3) is 17.2 Å². The average Bonchev–Trinajstić information content (AvgIpc) is 2.80. The van der Waals surface area contributed by atoms with Crippen molar-refractivity contribution in [2.45, 2.75) is 0 Å². The number of nitrogens with one attached hydrogen (secondary N) is 2. The molecular weight excluding hydrogens is 427 g/mol. The van der Waals surface area contributed by atoms with E-state index >= 15 is 0 Å². The molecule has 0 unspecified atom stereocenters. The van der Waals surface area contributed by atoms with E-state index in [0.29, 0.717) is 22.2 Å². The second kappa shape index (κ2) is 9.54. The van der Waals surface area contributed by atoms with Crippen molar-refractivity contribution < 1.29 is 4.39 Å². The SMILES string of the molecule is C=Cc1ccc(-c2ccc(N3CCN(C)CC3)c(Nc3ncnc(Cl)c3NC)c2)c(F)c1. The van der Waals surface area contributed by atoms with E-state index in [4.69, 9.17) is 11.6 Å². The molecule has 32 heavy (non-hydrogen) atoms. The van der Waals surface area contributed by atoms with Gasteiger partial charge in [-0.05, 0) is 36.4 Å². The van der Waals surface area contributed by atoms with Crippen molar-refractivity contribution in [3.8, 4) is 11.1 Å². The zero-order valence-corrected chi connectivity index (χ0v) is 19.0. The molecule has 0 atom stereocenters. The van der Waals surface area contributed by atoms with E-state index in [1.54, 1.807) is 19.2 Å². The van der Waals surface area contributed by atoms with Crippen LogP contribution in [0.15, 0.2) is 49.3 Å². The minimum absolute atomic E-state index is 0.290. The molecule has 6 nitrogen and oxygen atoms in total. The van der Waals surface area contributed by atoms with Gasteiger partial charge < -0.3 is 20.4 Å². The molecule has 2 N–H and O–H groups in total. The van der Waals surface area contributed by atoms with Crippen molar-refractivity contribution in [2.24, 2.45) is 0 Å². The molecule has 0 bridgehead atoms. The highest BCUT2D eigenvalue weighted by atomic mass is 35.5. The number of hydrogen-bond acceptors (Lipinski definition) is 6. The molecule has 166 valence electrons. The van der Waals surface area contributed by atoms with Gasteiger partial charge in [-0.1, -0.05) is 42.5 Å². The number of anilines is 4. The summed E-state index contributed by atoms with van der Waals surface area (Å²) >= 11 is 6.25. The topological polar surface area (TPSA) is 56.3 Å². The molecule has 1 aromatic heterocycles. The van der Waals surface area contributed by atoms with Crippen LogP contribution in [0, 0.1) is 5.82 Å². The molecule has 4 rings (SSSR count). The molecule has 0 spiro atoms. The third-order valence-corrected chi connectivity index (χ3v) is 5.97. The molecule has 0 radical (unpaired) electrons. The maximum absolute atomic E-state index is 14.8. The number of nitrogens with zero attached hydrogens (tertiary/aromatic N) is 4. The van der Waals surface area contributed by atoms with Crippen molar-refractivity contribution >= 4 is 40.6 Å². The summed E-state index contributed by atoms with van der Waals surface area (Å²) in [6.07, 6.45) is 3.05. The number of aromatic nitrogens is 2. The van der Waals surface area contributed by atoms with Crippen molar-refractivity contribution in [2.75, 3.05) is 55.8 Å². The lowest BCUT2D eigenvalue weighted by Crippen LogP contribution is -2.44. The number of halogens is 2. The molecule has 1 aliphatic rings. The highest BCUT2D eigenvalue weighted by molar-refractivity contribution is 6.32. The second-order valence-electron chi connectivity index (χ2n) is 7.73. The zero-order chi connectivity index (χ0) is 22.7. The first kappa shape index (κ1) is 22.0. The van der Waals surface area contributed by atoms with Gasteiger partial charge in [-0.2, -0.15) is 0 Å². The fourth-order valence-corrected chi connectivity index (χ4v) is 4.05. The number of rotatable bonds is 6. The predicted molar refractivity (Wildman–Crippen MR) is 132 cm³/mol. The smallest absolute Gasteiger partial charge is 0.158 e. The third-order valence-electron chi connectivity index (χ3n) is 5.68. The molecule has 1 saturated heterocycles. The summed E-state index contributed by atoms with van der Waals surface area (Å²) in [4.78, 5) is 13.0. The first-order valence-electron chi connectivity index (χ1n) is 10.5.